The van der Waals surface area contributed by atoms with Crippen LogP contribution in [0.3, 0.4) is 0 Å². The molecule has 0 unspecified atom stereocenters. The maximum atomic E-state index is 12.2. The Kier molecular flexibility index (Phi) is 4.72. The fraction of sp³-hybridized carbons (Fsp3) is 0.167. The molecule has 0 spiro atoms. The van der Waals surface area contributed by atoms with E-state index < -0.39 is 0 Å². The normalized spacial score (nSPS) is 13.1. The van der Waals surface area contributed by atoms with Crippen LogP contribution in [-0.2, 0) is 4.79 Å². The summed E-state index contributed by atoms with van der Waals surface area (Å²) in [6.45, 7) is 0.185. The Morgan fingerprint density at radius 2 is 1.72 bits per heavy atom. The van der Waals surface area contributed by atoms with Crippen LogP contribution in [0.25, 0.3) is 0 Å². The van der Waals surface area contributed by atoms with Gasteiger partial charge in [-0.25, -0.2) is 0 Å². The number of carbonyl (C=O) groups is 3. The van der Waals surface area contributed by atoms with Gasteiger partial charge in [-0.2, -0.15) is 0 Å². The summed E-state index contributed by atoms with van der Waals surface area (Å²) >= 11 is 6.00. The van der Waals surface area contributed by atoms with Crippen LogP contribution in [0.4, 0.5) is 11.4 Å². The fourth-order valence-electron chi connectivity index (χ4n) is 2.69. The van der Waals surface area contributed by atoms with E-state index in [2.05, 4.69) is 5.32 Å². The zero-order chi connectivity index (χ0) is 18.0. The van der Waals surface area contributed by atoms with Gasteiger partial charge in [-0.1, -0.05) is 23.7 Å². The zero-order valence-corrected chi connectivity index (χ0v) is 14.0. The number of nitrogen functional groups attached to an aromatic ring is 1. The Hall–Kier alpha value is -2.86. The summed E-state index contributed by atoms with van der Waals surface area (Å²) in [7, 11) is 0. The third-order valence-corrected chi connectivity index (χ3v) is 4.26. The van der Waals surface area contributed by atoms with Crippen molar-refractivity contribution in [1.82, 2.24) is 4.90 Å². The Bertz CT molecular complexity index is 831. The number of imide groups is 1. The molecule has 1 aliphatic rings. The molecule has 0 atom stereocenters. The maximum absolute atomic E-state index is 12.2. The molecule has 7 heteroatoms. The van der Waals surface area contributed by atoms with E-state index >= 15 is 0 Å². The molecule has 2 aromatic rings. The van der Waals surface area contributed by atoms with Gasteiger partial charge in [-0.15, -0.1) is 0 Å². The number of nitrogens with one attached hydrogen (secondary N) is 1. The number of rotatable bonds is 5. The molecule has 0 fully saturated rings. The molecule has 1 aliphatic heterocycles. The van der Waals surface area contributed by atoms with Crippen molar-refractivity contribution in [3.05, 3.63) is 58.6 Å². The zero-order valence-electron chi connectivity index (χ0n) is 13.3. The Balaban J connectivity index is 1.55. The highest BCUT2D eigenvalue weighted by atomic mass is 35.5. The van der Waals surface area contributed by atoms with Crippen LogP contribution in [0.5, 0.6) is 0 Å². The molecule has 0 saturated carbocycles. The van der Waals surface area contributed by atoms with Gasteiger partial charge in [-0.3, -0.25) is 19.3 Å². The molecule has 0 bridgehead atoms. The fourth-order valence-corrected chi connectivity index (χ4v) is 2.86. The summed E-state index contributed by atoms with van der Waals surface area (Å²) in [5.74, 6) is -0.899. The smallest absolute Gasteiger partial charge is 0.261 e. The molecule has 3 rings (SSSR count). The van der Waals surface area contributed by atoms with Crippen molar-refractivity contribution >= 4 is 40.7 Å². The lowest BCUT2D eigenvalue weighted by Gasteiger charge is -2.13. The topological polar surface area (TPSA) is 92.5 Å². The molecule has 0 radical (unpaired) electrons. The van der Waals surface area contributed by atoms with Crippen LogP contribution in [0.1, 0.15) is 33.6 Å². The average molecular weight is 358 g/mol. The van der Waals surface area contributed by atoms with Crippen LogP contribution < -0.4 is 11.1 Å². The van der Waals surface area contributed by atoms with Gasteiger partial charge in [0.15, 0.2) is 0 Å². The second kappa shape index (κ2) is 6.94. The van der Waals surface area contributed by atoms with E-state index in [0.717, 1.165) is 0 Å². The van der Waals surface area contributed by atoms with Crippen molar-refractivity contribution in [2.45, 2.75) is 12.8 Å². The number of hydrogen-bond acceptors (Lipinski definition) is 4. The van der Waals surface area contributed by atoms with Crippen molar-refractivity contribution < 1.29 is 14.4 Å². The number of fused-ring (bicyclic) bond motifs is 1. The SMILES string of the molecule is Nc1ccc(Cl)c(NC(=O)CCCN2C(=O)c3ccccc3C2=O)c1. The summed E-state index contributed by atoms with van der Waals surface area (Å²) < 4.78 is 0. The molecular formula is C18H16ClN3O3. The van der Waals surface area contributed by atoms with Gasteiger partial charge in [0.2, 0.25) is 5.91 Å². The van der Waals surface area contributed by atoms with Crippen molar-refractivity contribution in [2.75, 3.05) is 17.6 Å². The van der Waals surface area contributed by atoms with Gasteiger partial charge in [-0.05, 0) is 36.8 Å². The molecule has 3 N–H and O–H groups in total. The Labute approximate surface area is 149 Å². The molecule has 3 amide bonds. The minimum Gasteiger partial charge on any atom is -0.399 e. The minimum atomic E-state index is -0.320. The molecule has 1 heterocycles. The molecule has 25 heavy (non-hydrogen) atoms. The number of amides is 3. The summed E-state index contributed by atoms with van der Waals surface area (Å²) in [4.78, 5) is 37.7. The van der Waals surface area contributed by atoms with Gasteiger partial charge in [0.25, 0.3) is 11.8 Å². The van der Waals surface area contributed by atoms with Gasteiger partial charge in [0.05, 0.1) is 21.8 Å². The highest BCUT2D eigenvalue weighted by Gasteiger charge is 2.34. The van der Waals surface area contributed by atoms with Crippen LogP contribution >= 0.6 is 11.6 Å². The lowest BCUT2D eigenvalue weighted by atomic mass is 10.1. The Morgan fingerprint density at radius 3 is 2.36 bits per heavy atom. The number of carbonyl (C=O) groups excluding carboxylic acids is 3. The van der Waals surface area contributed by atoms with E-state index in [1.54, 1.807) is 42.5 Å². The Morgan fingerprint density at radius 1 is 1.08 bits per heavy atom. The van der Waals surface area contributed by atoms with Crippen molar-refractivity contribution in [3.8, 4) is 0 Å². The standard InChI is InChI=1S/C18H16ClN3O3/c19-14-8-7-11(20)10-15(14)21-16(23)6-3-9-22-17(24)12-4-1-2-5-13(12)18(22)25/h1-2,4-5,7-8,10H,3,6,9,20H2,(H,21,23). The predicted octanol–water partition coefficient (Wildman–Crippen LogP) is 2.94. The number of benzene rings is 2. The first-order chi connectivity index (χ1) is 12.0. The van der Waals surface area contributed by atoms with Crippen molar-refractivity contribution in [3.63, 3.8) is 0 Å². The first kappa shape index (κ1) is 17.0. The quantitative estimate of drug-likeness (QED) is 0.635. The molecule has 0 saturated heterocycles. The summed E-state index contributed by atoms with van der Waals surface area (Å²) in [5, 5.41) is 3.07. The summed E-state index contributed by atoms with van der Waals surface area (Å²) in [6, 6.07) is 11.5. The van der Waals surface area contributed by atoms with Gasteiger partial charge in [0, 0.05) is 18.7 Å². The third-order valence-electron chi connectivity index (χ3n) is 3.93. The number of nitrogens with zero attached hydrogens (tertiary/aromatic N) is 1. The number of anilines is 2. The first-order valence-electron chi connectivity index (χ1n) is 7.77. The molecule has 6 nitrogen and oxygen atoms in total. The second-order valence-electron chi connectivity index (χ2n) is 5.70. The first-order valence-corrected chi connectivity index (χ1v) is 8.15. The third kappa shape index (κ3) is 3.49. The number of nitrogens with two attached hydrogens (primary N) is 1. The van der Waals surface area contributed by atoms with E-state index in [-0.39, 0.29) is 30.7 Å². The summed E-state index contributed by atoms with van der Waals surface area (Å²) in [5.41, 5.74) is 7.41. The molecule has 2 aromatic carbocycles. The van der Waals surface area contributed by atoms with E-state index in [1.165, 1.54) is 4.90 Å². The van der Waals surface area contributed by atoms with E-state index in [1.807, 2.05) is 0 Å². The minimum absolute atomic E-state index is 0.151. The van der Waals surface area contributed by atoms with Gasteiger partial charge < -0.3 is 11.1 Å². The highest BCUT2D eigenvalue weighted by molar-refractivity contribution is 6.33. The van der Waals surface area contributed by atoms with Gasteiger partial charge >= 0.3 is 0 Å². The van der Waals surface area contributed by atoms with Crippen molar-refractivity contribution in [1.29, 1.82) is 0 Å². The number of halogens is 1. The molecule has 0 aliphatic carbocycles. The van der Waals surface area contributed by atoms with Crippen LogP contribution in [0, 0.1) is 0 Å². The van der Waals surface area contributed by atoms with Crippen molar-refractivity contribution in [2.24, 2.45) is 0 Å². The lowest BCUT2D eigenvalue weighted by molar-refractivity contribution is -0.116. The largest absolute Gasteiger partial charge is 0.399 e. The number of hydrogen-bond donors (Lipinski definition) is 2. The van der Waals surface area contributed by atoms with Crippen LogP contribution in [0.2, 0.25) is 5.02 Å². The second-order valence-corrected chi connectivity index (χ2v) is 6.11. The van der Waals surface area contributed by atoms with E-state index in [9.17, 15) is 14.4 Å². The monoisotopic (exact) mass is 357 g/mol. The average Bonchev–Trinajstić information content (AvgIpc) is 2.83. The van der Waals surface area contributed by atoms with E-state index in [0.29, 0.717) is 33.9 Å². The molecule has 128 valence electrons. The van der Waals surface area contributed by atoms with Gasteiger partial charge in [0.1, 0.15) is 0 Å². The lowest BCUT2D eigenvalue weighted by Crippen LogP contribution is -2.31. The highest BCUT2D eigenvalue weighted by Crippen LogP contribution is 2.25. The summed E-state index contributed by atoms with van der Waals surface area (Å²) in [6.07, 6.45) is 0.510. The van der Waals surface area contributed by atoms with Crippen LogP contribution in [0.15, 0.2) is 42.5 Å². The van der Waals surface area contributed by atoms with Crippen LogP contribution in [-0.4, -0.2) is 29.2 Å². The van der Waals surface area contributed by atoms with E-state index in [4.69, 9.17) is 17.3 Å². The predicted molar refractivity (Wildman–Crippen MR) is 95.5 cm³/mol. The molecular weight excluding hydrogens is 342 g/mol. The molecule has 0 aromatic heterocycles. The maximum Gasteiger partial charge on any atom is 0.261 e.